The van der Waals surface area contributed by atoms with Crippen molar-refractivity contribution in [3.05, 3.63) is 69.7 Å². The van der Waals surface area contributed by atoms with E-state index in [0.717, 1.165) is 24.0 Å². The van der Waals surface area contributed by atoms with Gasteiger partial charge in [-0.3, -0.25) is 9.59 Å². The maximum Gasteiger partial charge on any atom is 0.304 e. The second-order valence-corrected chi connectivity index (χ2v) is 9.35. The van der Waals surface area contributed by atoms with Crippen LogP contribution in [0.5, 0.6) is 0 Å². The summed E-state index contributed by atoms with van der Waals surface area (Å²) in [4.78, 5) is 26.9. The number of aliphatic carboxylic acids is 1. The Kier molecular flexibility index (Phi) is 6.35. The number of hydrogen-bond donors (Lipinski definition) is 1. The van der Waals surface area contributed by atoms with Crippen LogP contribution in [0, 0.1) is 11.8 Å². The first kappa shape index (κ1) is 21.2. The molecule has 4 rings (SSSR count). The zero-order valence-electron chi connectivity index (χ0n) is 16.6. The monoisotopic (exact) mass is 445 g/mol. The van der Waals surface area contributed by atoms with Crippen LogP contribution in [0.15, 0.2) is 48.5 Å². The second kappa shape index (κ2) is 8.99. The molecule has 0 radical (unpaired) electrons. The topological polar surface area (TPSA) is 57.6 Å². The van der Waals surface area contributed by atoms with Crippen LogP contribution in [0.2, 0.25) is 10.0 Å². The maximum absolute atomic E-state index is 13.4. The molecular formula is C24H25Cl2NO3. The molecule has 1 saturated heterocycles. The van der Waals surface area contributed by atoms with Crippen molar-refractivity contribution in [1.82, 2.24) is 4.90 Å². The minimum absolute atomic E-state index is 0.0352. The number of carboxylic acids is 1. The van der Waals surface area contributed by atoms with Crippen molar-refractivity contribution in [2.45, 2.75) is 44.1 Å². The molecule has 1 aliphatic heterocycles. The van der Waals surface area contributed by atoms with Crippen molar-refractivity contribution < 1.29 is 14.7 Å². The Bertz CT molecular complexity index is 926. The van der Waals surface area contributed by atoms with E-state index in [9.17, 15) is 14.7 Å². The summed E-state index contributed by atoms with van der Waals surface area (Å²) >= 11 is 12.4. The first-order chi connectivity index (χ1) is 14.4. The fourth-order valence-electron chi connectivity index (χ4n) is 4.79. The lowest BCUT2D eigenvalue weighted by Crippen LogP contribution is -2.49. The molecule has 1 N–H and O–H groups in total. The third kappa shape index (κ3) is 4.50. The van der Waals surface area contributed by atoms with Gasteiger partial charge in [0.1, 0.15) is 0 Å². The van der Waals surface area contributed by atoms with E-state index in [1.165, 1.54) is 6.42 Å². The van der Waals surface area contributed by atoms with Gasteiger partial charge in [-0.25, -0.2) is 0 Å². The lowest BCUT2D eigenvalue weighted by Gasteiger charge is -2.47. The van der Waals surface area contributed by atoms with E-state index in [0.29, 0.717) is 28.9 Å². The van der Waals surface area contributed by atoms with Crippen molar-refractivity contribution >= 4 is 35.1 Å². The standard InChI is InChI=1S/C24H25Cl2NO3/c25-19-9-7-16(8-10-19)23-21(17-5-2-6-20(26)11-17)12-18(13-22(28)29)24(30)27(23)14-15-3-1-4-15/h2,5-11,15,18,21,23H,1,3-4,12-14H2,(H,28,29). The molecule has 0 bridgehead atoms. The zero-order valence-corrected chi connectivity index (χ0v) is 18.1. The number of halogens is 2. The fraction of sp³-hybridized carbons (Fsp3) is 0.417. The van der Waals surface area contributed by atoms with Crippen LogP contribution in [-0.4, -0.2) is 28.4 Å². The number of carbonyl (C=O) groups excluding carboxylic acids is 1. The van der Waals surface area contributed by atoms with Crippen molar-refractivity contribution in [2.75, 3.05) is 6.54 Å². The van der Waals surface area contributed by atoms with E-state index in [2.05, 4.69) is 0 Å². The summed E-state index contributed by atoms with van der Waals surface area (Å²) in [6.07, 6.45) is 3.75. The van der Waals surface area contributed by atoms with Crippen LogP contribution in [0.4, 0.5) is 0 Å². The van der Waals surface area contributed by atoms with Gasteiger partial charge < -0.3 is 10.0 Å². The van der Waals surface area contributed by atoms with Gasteiger partial charge in [0.25, 0.3) is 0 Å². The van der Waals surface area contributed by atoms with Gasteiger partial charge in [-0.2, -0.15) is 0 Å². The molecule has 0 aromatic heterocycles. The summed E-state index contributed by atoms with van der Waals surface area (Å²) in [5, 5.41) is 10.7. The van der Waals surface area contributed by atoms with Gasteiger partial charge in [0.2, 0.25) is 5.91 Å². The average Bonchev–Trinajstić information content (AvgIpc) is 2.67. The van der Waals surface area contributed by atoms with Gasteiger partial charge in [0.05, 0.1) is 12.5 Å². The molecule has 1 heterocycles. The highest BCUT2D eigenvalue weighted by Gasteiger charge is 2.44. The van der Waals surface area contributed by atoms with Gasteiger partial charge in [0.15, 0.2) is 0 Å². The molecule has 3 atom stereocenters. The van der Waals surface area contributed by atoms with Crippen molar-refractivity contribution in [1.29, 1.82) is 0 Å². The first-order valence-electron chi connectivity index (χ1n) is 10.5. The van der Waals surface area contributed by atoms with Gasteiger partial charge in [0, 0.05) is 28.4 Å². The van der Waals surface area contributed by atoms with E-state index >= 15 is 0 Å². The van der Waals surface area contributed by atoms with Crippen LogP contribution in [0.1, 0.15) is 55.2 Å². The number of amides is 1. The quantitative estimate of drug-likeness (QED) is 0.597. The van der Waals surface area contributed by atoms with E-state index < -0.39 is 11.9 Å². The van der Waals surface area contributed by atoms with Crippen molar-refractivity contribution in [3.63, 3.8) is 0 Å². The molecule has 2 fully saturated rings. The molecule has 4 nitrogen and oxygen atoms in total. The highest BCUT2D eigenvalue weighted by atomic mass is 35.5. The largest absolute Gasteiger partial charge is 0.481 e. The number of rotatable bonds is 6. The van der Waals surface area contributed by atoms with E-state index in [-0.39, 0.29) is 24.3 Å². The Labute approximate surface area is 186 Å². The molecule has 3 unspecified atom stereocenters. The third-order valence-electron chi connectivity index (χ3n) is 6.48. The van der Waals surface area contributed by atoms with Gasteiger partial charge in [-0.15, -0.1) is 0 Å². The predicted molar refractivity (Wildman–Crippen MR) is 118 cm³/mol. The number of carbonyl (C=O) groups is 2. The fourth-order valence-corrected chi connectivity index (χ4v) is 5.12. The molecule has 1 saturated carbocycles. The van der Waals surface area contributed by atoms with E-state index in [1.54, 1.807) is 0 Å². The summed E-state index contributed by atoms with van der Waals surface area (Å²) in [6.45, 7) is 0.666. The van der Waals surface area contributed by atoms with Crippen molar-refractivity contribution in [2.24, 2.45) is 11.8 Å². The number of hydrogen-bond acceptors (Lipinski definition) is 2. The summed E-state index contributed by atoms with van der Waals surface area (Å²) in [5.74, 6) is -1.08. The van der Waals surface area contributed by atoms with Gasteiger partial charge in [-0.1, -0.05) is 53.9 Å². The Hall–Kier alpha value is -2.04. The molecule has 30 heavy (non-hydrogen) atoms. The molecule has 2 aromatic rings. The van der Waals surface area contributed by atoms with Gasteiger partial charge >= 0.3 is 5.97 Å². The van der Waals surface area contributed by atoms with E-state index in [4.69, 9.17) is 23.2 Å². The van der Waals surface area contributed by atoms with Crippen molar-refractivity contribution in [3.8, 4) is 0 Å². The summed E-state index contributed by atoms with van der Waals surface area (Å²) in [6, 6.07) is 15.2. The molecule has 2 aliphatic rings. The van der Waals surface area contributed by atoms with Crippen LogP contribution in [0.3, 0.4) is 0 Å². The molecule has 2 aromatic carbocycles. The number of benzene rings is 2. The molecule has 158 valence electrons. The first-order valence-corrected chi connectivity index (χ1v) is 11.2. The zero-order chi connectivity index (χ0) is 21.3. The Balaban J connectivity index is 1.78. The minimum Gasteiger partial charge on any atom is -0.481 e. The molecule has 1 aliphatic carbocycles. The second-order valence-electron chi connectivity index (χ2n) is 8.48. The third-order valence-corrected chi connectivity index (χ3v) is 6.96. The average molecular weight is 446 g/mol. The smallest absolute Gasteiger partial charge is 0.304 e. The highest BCUT2D eigenvalue weighted by molar-refractivity contribution is 6.30. The van der Waals surface area contributed by atoms with Crippen LogP contribution in [-0.2, 0) is 9.59 Å². The number of likely N-dealkylation sites (tertiary alicyclic amines) is 1. The normalized spacial score (nSPS) is 24.5. The Morgan fingerprint density at radius 1 is 1.03 bits per heavy atom. The number of piperidine rings is 1. The minimum atomic E-state index is -0.938. The highest BCUT2D eigenvalue weighted by Crippen LogP contribution is 2.47. The lowest BCUT2D eigenvalue weighted by molar-refractivity contribution is -0.150. The van der Waals surface area contributed by atoms with Gasteiger partial charge in [-0.05, 0) is 60.6 Å². The SMILES string of the molecule is O=C(O)CC1CC(c2cccc(Cl)c2)C(c2ccc(Cl)cc2)N(CC2CCC2)C1=O. The maximum atomic E-state index is 13.4. The summed E-state index contributed by atoms with van der Waals surface area (Å²) in [5.41, 5.74) is 2.05. The molecule has 0 spiro atoms. The summed E-state index contributed by atoms with van der Waals surface area (Å²) in [7, 11) is 0. The van der Waals surface area contributed by atoms with Crippen LogP contribution in [0.25, 0.3) is 0 Å². The number of nitrogens with zero attached hydrogens (tertiary/aromatic N) is 1. The summed E-state index contributed by atoms with van der Waals surface area (Å²) < 4.78 is 0. The Morgan fingerprint density at radius 3 is 2.37 bits per heavy atom. The molecular weight excluding hydrogens is 421 g/mol. The van der Waals surface area contributed by atoms with Crippen LogP contribution < -0.4 is 0 Å². The van der Waals surface area contributed by atoms with E-state index in [1.807, 2.05) is 53.4 Å². The number of carboxylic acid groups (broad SMARTS) is 1. The predicted octanol–water partition coefficient (Wildman–Crippen LogP) is 5.94. The molecule has 6 heteroatoms. The lowest BCUT2D eigenvalue weighted by atomic mass is 9.74. The Morgan fingerprint density at radius 2 is 1.77 bits per heavy atom. The van der Waals surface area contributed by atoms with Crippen LogP contribution >= 0.6 is 23.2 Å². The molecule has 1 amide bonds.